The smallest absolute Gasteiger partial charge is 0.311 e. The molecule has 6 nitrogen and oxygen atoms in total. The molecule has 2 aromatic rings. The van der Waals surface area contributed by atoms with Crippen molar-refractivity contribution in [3.63, 3.8) is 0 Å². The number of piperidine rings is 1. The maximum Gasteiger partial charge on any atom is 0.311 e. The van der Waals surface area contributed by atoms with Gasteiger partial charge in [-0.05, 0) is 43.5 Å². The summed E-state index contributed by atoms with van der Waals surface area (Å²) in [5.41, 5.74) is 1.24. The fourth-order valence-electron chi connectivity index (χ4n) is 3.35. The minimum absolute atomic E-state index is 0.0154. The molecule has 1 aliphatic heterocycles. The van der Waals surface area contributed by atoms with Crippen LogP contribution in [0.5, 0.6) is 0 Å². The Balaban J connectivity index is 1.78. The quantitative estimate of drug-likeness (QED) is 0.638. The van der Waals surface area contributed by atoms with Crippen molar-refractivity contribution in [1.29, 1.82) is 0 Å². The van der Waals surface area contributed by atoms with E-state index < -0.39 is 4.92 Å². The Morgan fingerprint density at radius 3 is 2.64 bits per heavy atom. The summed E-state index contributed by atoms with van der Waals surface area (Å²) in [6, 6.07) is 13.6. The van der Waals surface area contributed by atoms with E-state index in [9.17, 15) is 10.1 Å². The van der Waals surface area contributed by atoms with Crippen LogP contribution in [-0.4, -0.2) is 34.4 Å². The van der Waals surface area contributed by atoms with Crippen molar-refractivity contribution < 1.29 is 4.92 Å². The van der Waals surface area contributed by atoms with Gasteiger partial charge in [0, 0.05) is 18.8 Å². The highest BCUT2D eigenvalue weighted by molar-refractivity contribution is 5.55. The molecule has 0 aliphatic carbocycles. The van der Waals surface area contributed by atoms with Crippen molar-refractivity contribution in [1.82, 2.24) is 9.88 Å². The molecule has 1 N–H and O–H groups in total. The molecule has 1 fully saturated rings. The zero-order valence-electron chi connectivity index (χ0n) is 14.5. The van der Waals surface area contributed by atoms with Crippen molar-refractivity contribution in [2.24, 2.45) is 5.92 Å². The number of nitrogens with zero attached hydrogens (tertiary/aromatic N) is 3. The summed E-state index contributed by atoms with van der Waals surface area (Å²) < 4.78 is 0. The lowest BCUT2D eigenvalue weighted by Crippen LogP contribution is -2.39. The first kappa shape index (κ1) is 17.4. The maximum atomic E-state index is 11.2. The number of aromatic nitrogens is 1. The number of nitrogens with one attached hydrogen (secondary N) is 1. The van der Waals surface area contributed by atoms with Gasteiger partial charge in [0.15, 0.2) is 0 Å². The molecule has 132 valence electrons. The number of anilines is 1. The van der Waals surface area contributed by atoms with Gasteiger partial charge in [-0.15, -0.1) is 0 Å². The lowest BCUT2D eigenvalue weighted by atomic mass is 9.95. The first-order chi connectivity index (χ1) is 12.1. The van der Waals surface area contributed by atoms with Gasteiger partial charge >= 0.3 is 5.69 Å². The Morgan fingerprint density at radius 2 is 1.96 bits per heavy atom. The van der Waals surface area contributed by atoms with Crippen LogP contribution in [0.2, 0.25) is 0 Å². The molecule has 6 heteroatoms. The van der Waals surface area contributed by atoms with Crippen LogP contribution >= 0.6 is 0 Å². The first-order valence-corrected chi connectivity index (χ1v) is 8.77. The lowest BCUT2D eigenvalue weighted by molar-refractivity contribution is -0.384. The van der Waals surface area contributed by atoms with Gasteiger partial charge in [0.05, 0.1) is 11.0 Å². The van der Waals surface area contributed by atoms with Gasteiger partial charge in [0.1, 0.15) is 0 Å². The summed E-state index contributed by atoms with van der Waals surface area (Å²) in [4.78, 5) is 17.4. The van der Waals surface area contributed by atoms with Crippen LogP contribution in [0, 0.1) is 16.0 Å². The predicted octanol–water partition coefficient (Wildman–Crippen LogP) is 3.87. The summed E-state index contributed by atoms with van der Waals surface area (Å²) >= 11 is 0. The SMILES string of the molecule is CC1CCN([C@@H](CNc2ncccc2[N+](=O)[O-])c2ccccc2)CC1. The van der Waals surface area contributed by atoms with Gasteiger partial charge in [0.2, 0.25) is 5.82 Å². The molecular formula is C19H24N4O2. The molecule has 1 saturated heterocycles. The summed E-state index contributed by atoms with van der Waals surface area (Å²) in [5.74, 6) is 1.09. The molecule has 1 aliphatic rings. The summed E-state index contributed by atoms with van der Waals surface area (Å²) in [6.45, 7) is 4.99. The van der Waals surface area contributed by atoms with Crippen LogP contribution in [0.15, 0.2) is 48.7 Å². The lowest BCUT2D eigenvalue weighted by Gasteiger charge is -2.37. The summed E-state index contributed by atoms with van der Waals surface area (Å²) in [6.07, 6.45) is 3.95. The van der Waals surface area contributed by atoms with Crippen molar-refractivity contribution in [2.45, 2.75) is 25.8 Å². The number of benzene rings is 1. The normalized spacial score (nSPS) is 17.2. The van der Waals surface area contributed by atoms with E-state index in [-0.39, 0.29) is 11.7 Å². The second-order valence-corrected chi connectivity index (χ2v) is 6.65. The Kier molecular flexibility index (Phi) is 5.60. The number of hydrogen-bond acceptors (Lipinski definition) is 5. The molecule has 1 aromatic carbocycles. The summed E-state index contributed by atoms with van der Waals surface area (Å²) in [5, 5.41) is 14.4. The maximum absolute atomic E-state index is 11.2. The third kappa shape index (κ3) is 4.33. The van der Waals surface area contributed by atoms with Crippen LogP contribution in [0.1, 0.15) is 31.4 Å². The third-order valence-electron chi connectivity index (χ3n) is 4.89. The van der Waals surface area contributed by atoms with Crippen molar-refractivity contribution in [3.8, 4) is 0 Å². The monoisotopic (exact) mass is 340 g/mol. The number of rotatable bonds is 6. The number of likely N-dealkylation sites (tertiary alicyclic amines) is 1. The van der Waals surface area contributed by atoms with Crippen LogP contribution < -0.4 is 5.32 Å². The first-order valence-electron chi connectivity index (χ1n) is 8.77. The molecule has 25 heavy (non-hydrogen) atoms. The standard InChI is InChI=1S/C19H24N4O2/c1-15-9-12-22(13-10-15)18(16-6-3-2-4-7-16)14-21-19-17(23(24)25)8-5-11-20-19/h2-8,11,15,18H,9-10,12-14H2,1H3,(H,20,21)/t18-/m0/s1. The average molecular weight is 340 g/mol. The molecule has 1 aromatic heterocycles. The van der Waals surface area contributed by atoms with Gasteiger partial charge in [-0.25, -0.2) is 4.98 Å². The van der Waals surface area contributed by atoms with E-state index in [1.165, 1.54) is 24.5 Å². The molecule has 0 unspecified atom stereocenters. The molecule has 0 radical (unpaired) electrons. The Hall–Kier alpha value is -2.47. The minimum Gasteiger partial charge on any atom is -0.362 e. The van der Waals surface area contributed by atoms with E-state index >= 15 is 0 Å². The van der Waals surface area contributed by atoms with Gasteiger partial charge in [-0.1, -0.05) is 37.3 Å². The largest absolute Gasteiger partial charge is 0.362 e. The van der Waals surface area contributed by atoms with E-state index in [0.717, 1.165) is 19.0 Å². The van der Waals surface area contributed by atoms with Crippen molar-refractivity contribution in [2.75, 3.05) is 25.0 Å². The van der Waals surface area contributed by atoms with Gasteiger partial charge < -0.3 is 5.32 Å². The molecule has 2 heterocycles. The molecule has 0 saturated carbocycles. The molecule has 0 bridgehead atoms. The van der Waals surface area contributed by atoms with Crippen LogP contribution in [-0.2, 0) is 0 Å². The molecule has 0 spiro atoms. The van der Waals surface area contributed by atoms with E-state index in [0.29, 0.717) is 12.4 Å². The highest BCUT2D eigenvalue weighted by Gasteiger charge is 2.25. The van der Waals surface area contributed by atoms with Gasteiger partial charge in [0.25, 0.3) is 0 Å². The number of nitro groups is 1. The Bertz CT molecular complexity index is 700. The average Bonchev–Trinajstić information content (AvgIpc) is 2.64. The van der Waals surface area contributed by atoms with E-state index in [1.807, 2.05) is 18.2 Å². The van der Waals surface area contributed by atoms with Crippen molar-refractivity contribution >= 4 is 11.5 Å². The zero-order chi connectivity index (χ0) is 17.6. The number of hydrogen-bond donors (Lipinski definition) is 1. The highest BCUT2D eigenvalue weighted by Crippen LogP contribution is 2.28. The second kappa shape index (κ2) is 8.07. The van der Waals surface area contributed by atoms with Crippen LogP contribution in [0.3, 0.4) is 0 Å². The fraction of sp³-hybridized carbons (Fsp3) is 0.421. The minimum atomic E-state index is -0.393. The molecule has 1 atom stereocenters. The van der Waals surface area contributed by atoms with Crippen LogP contribution in [0.4, 0.5) is 11.5 Å². The Morgan fingerprint density at radius 1 is 1.24 bits per heavy atom. The van der Waals surface area contributed by atoms with Gasteiger partial charge in [-0.3, -0.25) is 15.0 Å². The van der Waals surface area contributed by atoms with E-state index in [2.05, 4.69) is 34.3 Å². The zero-order valence-corrected chi connectivity index (χ0v) is 14.5. The molecule has 0 amide bonds. The fourth-order valence-corrected chi connectivity index (χ4v) is 3.35. The van der Waals surface area contributed by atoms with Crippen LogP contribution in [0.25, 0.3) is 0 Å². The molecular weight excluding hydrogens is 316 g/mol. The van der Waals surface area contributed by atoms with E-state index in [1.54, 1.807) is 12.3 Å². The Labute approximate surface area is 148 Å². The topological polar surface area (TPSA) is 71.3 Å². The summed E-state index contributed by atoms with van der Waals surface area (Å²) in [7, 11) is 0. The predicted molar refractivity (Wildman–Crippen MR) is 98.5 cm³/mol. The molecule has 3 rings (SSSR count). The number of pyridine rings is 1. The highest BCUT2D eigenvalue weighted by atomic mass is 16.6. The third-order valence-corrected chi connectivity index (χ3v) is 4.89. The second-order valence-electron chi connectivity index (χ2n) is 6.65. The van der Waals surface area contributed by atoms with E-state index in [4.69, 9.17) is 0 Å². The van der Waals surface area contributed by atoms with Crippen molar-refractivity contribution in [3.05, 3.63) is 64.3 Å². The van der Waals surface area contributed by atoms with Gasteiger partial charge in [-0.2, -0.15) is 0 Å².